The minimum absolute atomic E-state index is 0.262. The average Bonchev–Trinajstić information content (AvgIpc) is 2.89. The molecule has 2 N–H and O–H groups in total. The third-order valence-corrected chi connectivity index (χ3v) is 5.65. The molecular formula is C28H27Cl2N3O4. The first-order valence-electron chi connectivity index (χ1n) is 11.5. The zero-order valence-corrected chi connectivity index (χ0v) is 21.7. The molecule has 3 aromatic carbocycles. The van der Waals surface area contributed by atoms with Crippen molar-refractivity contribution in [3.63, 3.8) is 0 Å². The molecule has 0 aliphatic heterocycles. The molecule has 0 saturated carbocycles. The number of nitrogens with one attached hydrogen (secondary N) is 2. The van der Waals surface area contributed by atoms with Gasteiger partial charge in [-0.3, -0.25) is 9.59 Å². The second kappa shape index (κ2) is 14.1. The van der Waals surface area contributed by atoms with Crippen LogP contribution in [0.15, 0.2) is 90.6 Å². The number of carbonyl (C=O) groups excluding carboxylic acids is 2. The highest BCUT2D eigenvalue weighted by Crippen LogP contribution is 2.28. The average molecular weight is 540 g/mol. The Morgan fingerprint density at radius 1 is 1.03 bits per heavy atom. The smallest absolute Gasteiger partial charge is 0.262 e. The van der Waals surface area contributed by atoms with Crippen LogP contribution in [0.4, 0.5) is 0 Å². The van der Waals surface area contributed by atoms with Crippen molar-refractivity contribution in [3.05, 3.63) is 107 Å². The van der Waals surface area contributed by atoms with E-state index in [9.17, 15) is 9.59 Å². The van der Waals surface area contributed by atoms with Crippen LogP contribution >= 0.6 is 23.2 Å². The number of halogens is 2. The molecule has 0 saturated heterocycles. The topological polar surface area (TPSA) is 89.0 Å². The third-order valence-electron chi connectivity index (χ3n) is 5.12. The van der Waals surface area contributed by atoms with E-state index >= 15 is 0 Å². The maximum Gasteiger partial charge on any atom is 0.262 e. The van der Waals surface area contributed by atoms with Gasteiger partial charge < -0.3 is 14.8 Å². The number of rotatable bonds is 12. The van der Waals surface area contributed by atoms with Crippen molar-refractivity contribution in [2.24, 2.45) is 5.10 Å². The van der Waals surface area contributed by atoms with E-state index in [1.165, 1.54) is 12.3 Å². The van der Waals surface area contributed by atoms with Crippen LogP contribution in [0.5, 0.6) is 11.5 Å². The first-order chi connectivity index (χ1) is 17.9. The van der Waals surface area contributed by atoms with Gasteiger partial charge in [-0.25, -0.2) is 5.43 Å². The second-order valence-corrected chi connectivity index (χ2v) is 8.83. The maximum absolute atomic E-state index is 13.0. The van der Waals surface area contributed by atoms with Crippen LogP contribution in [0.3, 0.4) is 0 Å². The van der Waals surface area contributed by atoms with E-state index in [0.29, 0.717) is 23.1 Å². The molecule has 9 heteroatoms. The molecule has 37 heavy (non-hydrogen) atoms. The largest absolute Gasteiger partial charge is 0.490 e. The summed E-state index contributed by atoms with van der Waals surface area (Å²) in [6, 6.07) is 20.4. The van der Waals surface area contributed by atoms with Gasteiger partial charge in [-0.1, -0.05) is 66.2 Å². The zero-order valence-electron chi connectivity index (χ0n) is 20.2. The van der Waals surface area contributed by atoms with Gasteiger partial charge in [-0.15, -0.1) is 0 Å². The van der Waals surface area contributed by atoms with E-state index in [4.69, 9.17) is 32.7 Å². The SMILES string of the molecule is C=CCOc1ccc(/C=N\NC(=O)[C@H](Cc2ccccc2)NC(=O)[C@@H](C)Oc2ccc(Cl)cc2Cl)cc1. The third kappa shape index (κ3) is 8.97. The van der Waals surface area contributed by atoms with Crippen LogP contribution in [0.25, 0.3) is 0 Å². The molecule has 0 spiro atoms. The van der Waals surface area contributed by atoms with Gasteiger partial charge in [-0.05, 0) is 60.5 Å². The number of benzene rings is 3. The van der Waals surface area contributed by atoms with Gasteiger partial charge in [-0.2, -0.15) is 5.10 Å². The highest BCUT2D eigenvalue weighted by atomic mass is 35.5. The summed E-state index contributed by atoms with van der Waals surface area (Å²) in [6.45, 7) is 5.59. The first kappa shape index (κ1) is 27.8. The number of carbonyl (C=O) groups is 2. The quantitative estimate of drug-likeness (QED) is 0.188. The Hall–Kier alpha value is -3.81. The lowest BCUT2D eigenvalue weighted by molar-refractivity contribution is -0.132. The highest BCUT2D eigenvalue weighted by molar-refractivity contribution is 6.35. The summed E-state index contributed by atoms with van der Waals surface area (Å²) in [4.78, 5) is 25.9. The second-order valence-electron chi connectivity index (χ2n) is 7.99. The van der Waals surface area contributed by atoms with Gasteiger partial charge in [0.05, 0.1) is 11.2 Å². The minimum atomic E-state index is -0.921. The lowest BCUT2D eigenvalue weighted by Gasteiger charge is -2.21. The summed E-state index contributed by atoms with van der Waals surface area (Å²) >= 11 is 12.1. The number of nitrogens with zero attached hydrogens (tertiary/aromatic N) is 1. The molecule has 0 fully saturated rings. The predicted octanol–water partition coefficient (Wildman–Crippen LogP) is 5.20. The Bertz CT molecular complexity index is 1230. The van der Waals surface area contributed by atoms with Crippen LogP contribution in [0, 0.1) is 0 Å². The Labute approximate surface area is 226 Å². The molecule has 0 aliphatic rings. The molecule has 0 heterocycles. The van der Waals surface area contributed by atoms with Crippen LogP contribution in [-0.2, 0) is 16.0 Å². The van der Waals surface area contributed by atoms with Gasteiger partial charge in [0.1, 0.15) is 24.1 Å². The van der Waals surface area contributed by atoms with E-state index in [2.05, 4.69) is 22.4 Å². The molecule has 0 aliphatic carbocycles. The molecule has 2 amide bonds. The number of amides is 2. The van der Waals surface area contributed by atoms with Gasteiger partial charge in [0.25, 0.3) is 11.8 Å². The van der Waals surface area contributed by atoms with Crippen molar-refractivity contribution in [3.8, 4) is 11.5 Å². The fourth-order valence-electron chi connectivity index (χ4n) is 3.22. The van der Waals surface area contributed by atoms with E-state index in [-0.39, 0.29) is 11.4 Å². The molecule has 7 nitrogen and oxygen atoms in total. The van der Waals surface area contributed by atoms with Crippen molar-refractivity contribution >= 4 is 41.2 Å². The zero-order chi connectivity index (χ0) is 26.6. The summed E-state index contributed by atoms with van der Waals surface area (Å²) in [5.74, 6) is 0.0449. The number of hydrogen-bond acceptors (Lipinski definition) is 5. The van der Waals surface area contributed by atoms with Crippen LogP contribution in [0.2, 0.25) is 10.0 Å². The lowest BCUT2D eigenvalue weighted by Crippen LogP contribution is -2.50. The van der Waals surface area contributed by atoms with Crippen molar-refractivity contribution in [2.45, 2.75) is 25.5 Å². The van der Waals surface area contributed by atoms with Gasteiger partial charge in [0.15, 0.2) is 6.10 Å². The summed E-state index contributed by atoms with van der Waals surface area (Å²) < 4.78 is 11.1. The maximum atomic E-state index is 13.0. The van der Waals surface area contributed by atoms with Crippen LogP contribution in [0.1, 0.15) is 18.1 Å². The molecule has 0 radical (unpaired) electrons. The molecule has 3 aromatic rings. The predicted molar refractivity (Wildman–Crippen MR) is 146 cm³/mol. The Morgan fingerprint density at radius 3 is 2.43 bits per heavy atom. The Balaban J connectivity index is 1.65. The molecular weight excluding hydrogens is 513 g/mol. The standard InChI is InChI=1S/C28H27Cl2N3O4/c1-3-15-36-23-12-9-21(10-13-23)18-31-33-28(35)25(16-20-7-5-4-6-8-20)32-27(34)19(2)37-26-14-11-22(29)17-24(26)30/h3-14,17-19,25H,1,15-16H2,2H3,(H,32,34)(H,33,35)/b31-18-/t19-,25+/m1/s1. The fraction of sp³-hybridized carbons (Fsp3) is 0.179. The van der Waals surface area contributed by atoms with E-state index < -0.39 is 24.0 Å². The monoisotopic (exact) mass is 539 g/mol. The number of hydrogen-bond donors (Lipinski definition) is 2. The van der Waals surface area contributed by atoms with Gasteiger partial charge in [0, 0.05) is 11.4 Å². The van der Waals surface area contributed by atoms with E-state index in [1.807, 2.05) is 30.3 Å². The summed E-state index contributed by atoms with van der Waals surface area (Å²) in [7, 11) is 0. The molecule has 0 bridgehead atoms. The molecule has 2 atom stereocenters. The summed E-state index contributed by atoms with van der Waals surface area (Å²) in [6.07, 6.45) is 2.51. The van der Waals surface area contributed by atoms with Crippen LogP contribution in [-0.4, -0.2) is 36.8 Å². The van der Waals surface area contributed by atoms with E-state index in [1.54, 1.807) is 49.4 Å². The minimum Gasteiger partial charge on any atom is -0.490 e. The van der Waals surface area contributed by atoms with E-state index in [0.717, 1.165) is 11.1 Å². The summed E-state index contributed by atoms with van der Waals surface area (Å²) in [5.41, 5.74) is 4.14. The van der Waals surface area contributed by atoms with Crippen LogP contribution < -0.4 is 20.2 Å². The molecule has 0 unspecified atom stereocenters. The first-order valence-corrected chi connectivity index (χ1v) is 12.2. The van der Waals surface area contributed by atoms with Gasteiger partial charge >= 0.3 is 0 Å². The normalized spacial score (nSPS) is 12.4. The molecule has 192 valence electrons. The van der Waals surface area contributed by atoms with Crippen molar-refractivity contribution in [1.29, 1.82) is 0 Å². The summed E-state index contributed by atoms with van der Waals surface area (Å²) in [5, 5.41) is 7.52. The Kier molecular flexibility index (Phi) is 10.6. The highest BCUT2D eigenvalue weighted by Gasteiger charge is 2.25. The fourth-order valence-corrected chi connectivity index (χ4v) is 3.67. The molecule has 3 rings (SSSR count). The number of ether oxygens (including phenoxy) is 2. The van der Waals surface area contributed by atoms with Gasteiger partial charge in [0.2, 0.25) is 0 Å². The van der Waals surface area contributed by atoms with Crippen molar-refractivity contribution < 1.29 is 19.1 Å². The Morgan fingerprint density at radius 2 is 1.76 bits per heavy atom. The molecule has 0 aromatic heterocycles. The lowest BCUT2D eigenvalue weighted by atomic mass is 10.1. The van der Waals surface area contributed by atoms with Crippen molar-refractivity contribution in [1.82, 2.24) is 10.7 Å². The number of hydrazone groups is 1. The van der Waals surface area contributed by atoms with Crippen molar-refractivity contribution in [2.75, 3.05) is 6.61 Å².